The summed E-state index contributed by atoms with van der Waals surface area (Å²) in [5, 5.41) is 18.9. The summed E-state index contributed by atoms with van der Waals surface area (Å²) in [4.78, 5) is 13.1. The van der Waals surface area contributed by atoms with E-state index in [1.165, 1.54) is 5.56 Å². The molecule has 0 unspecified atom stereocenters. The zero-order valence-electron chi connectivity index (χ0n) is 18.0. The second-order valence-corrected chi connectivity index (χ2v) is 9.84. The van der Waals surface area contributed by atoms with Gasteiger partial charge in [-0.3, -0.25) is 4.79 Å². The lowest BCUT2D eigenvalue weighted by Crippen LogP contribution is -2.43. The van der Waals surface area contributed by atoms with Crippen molar-refractivity contribution < 1.29 is 4.79 Å². The fraction of sp³-hybridized carbons (Fsp3) is 0.417. The highest BCUT2D eigenvalue weighted by Crippen LogP contribution is 2.60. The lowest BCUT2D eigenvalue weighted by Gasteiger charge is -2.47. The van der Waals surface area contributed by atoms with Gasteiger partial charge in [0.1, 0.15) is 0 Å². The summed E-state index contributed by atoms with van der Waals surface area (Å²) in [7, 11) is 0. The van der Waals surface area contributed by atoms with Gasteiger partial charge in [-0.2, -0.15) is 5.21 Å². The number of nitrogens with one attached hydrogen (secondary N) is 2. The monoisotopic (exact) mass is 469 g/mol. The van der Waals surface area contributed by atoms with E-state index in [4.69, 9.17) is 23.2 Å². The summed E-state index contributed by atoms with van der Waals surface area (Å²) in [6.45, 7) is 4.27. The van der Waals surface area contributed by atoms with Crippen molar-refractivity contribution in [2.75, 3.05) is 0 Å². The molecule has 2 aromatic carbocycles. The number of hydrogen-bond acceptors (Lipinski definition) is 4. The molecule has 2 fully saturated rings. The third-order valence-corrected chi connectivity index (χ3v) is 8.18. The maximum absolute atomic E-state index is 13.1. The molecule has 3 aromatic rings. The number of carbonyl (C=O) groups excluding carboxylic acids is 1. The topological polar surface area (TPSA) is 83.6 Å². The first-order valence-corrected chi connectivity index (χ1v) is 11.8. The molecule has 5 atom stereocenters. The fourth-order valence-electron chi connectivity index (χ4n) is 6.15. The summed E-state index contributed by atoms with van der Waals surface area (Å²) in [5.74, 6) is 1.20. The van der Waals surface area contributed by atoms with E-state index in [-0.39, 0.29) is 35.1 Å². The Morgan fingerprint density at radius 1 is 1.16 bits per heavy atom. The van der Waals surface area contributed by atoms with Gasteiger partial charge in [-0.1, -0.05) is 54.4 Å². The van der Waals surface area contributed by atoms with Gasteiger partial charge in [0.15, 0.2) is 0 Å². The molecule has 1 aliphatic carbocycles. The van der Waals surface area contributed by atoms with Crippen LogP contribution in [0.4, 0.5) is 0 Å². The second kappa shape index (κ2) is 8.16. The average Bonchev–Trinajstić information content (AvgIpc) is 3.41. The maximum atomic E-state index is 13.1. The minimum atomic E-state index is -0.350. The molecule has 8 heteroatoms. The lowest BCUT2D eigenvalue weighted by atomic mass is 9.54. The Labute approximate surface area is 197 Å². The number of rotatable bonds is 4. The van der Waals surface area contributed by atoms with E-state index >= 15 is 0 Å². The van der Waals surface area contributed by atoms with Crippen molar-refractivity contribution in [3.8, 4) is 11.4 Å². The first-order chi connectivity index (χ1) is 15.4. The smallest absolute Gasteiger partial charge is 0.226 e. The molecule has 2 N–H and O–H groups in total. The lowest BCUT2D eigenvalue weighted by molar-refractivity contribution is -0.131. The fourth-order valence-corrected chi connectivity index (χ4v) is 6.59. The number of aromatic amines is 1. The zero-order chi connectivity index (χ0) is 22.5. The Bertz CT molecular complexity index is 1130. The first-order valence-electron chi connectivity index (χ1n) is 11.0. The highest BCUT2D eigenvalue weighted by molar-refractivity contribution is 6.31. The predicted molar refractivity (Wildman–Crippen MR) is 125 cm³/mol. The van der Waals surface area contributed by atoms with Gasteiger partial charge < -0.3 is 5.32 Å². The summed E-state index contributed by atoms with van der Waals surface area (Å²) < 4.78 is 0. The van der Waals surface area contributed by atoms with Crippen LogP contribution in [0.25, 0.3) is 11.4 Å². The number of benzene rings is 2. The van der Waals surface area contributed by atoms with Gasteiger partial charge in [-0.25, -0.2) is 0 Å². The third-order valence-electron chi connectivity index (χ3n) is 7.60. The van der Waals surface area contributed by atoms with Crippen molar-refractivity contribution >= 4 is 29.1 Å². The average molecular weight is 470 g/mol. The summed E-state index contributed by atoms with van der Waals surface area (Å²) >= 11 is 13.1. The molecule has 2 aliphatic rings. The Morgan fingerprint density at radius 3 is 2.59 bits per heavy atom. The van der Waals surface area contributed by atoms with Gasteiger partial charge in [-0.05, 0) is 72.6 Å². The van der Waals surface area contributed by atoms with Gasteiger partial charge in [0.25, 0.3) is 0 Å². The van der Waals surface area contributed by atoms with Gasteiger partial charge in [0, 0.05) is 27.6 Å². The number of nitrogens with zero attached hydrogens (tertiary/aromatic N) is 3. The number of tetrazole rings is 1. The minimum absolute atomic E-state index is 0.0864. The standard InChI is InChI=1S/C24H25Cl2N5O/c1-3-24-11-10-18(17-9-6-15(12-19(17)26)22-28-30-31-29-22)20(14-4-7-16(25)8-5-14)21(24)13(2)27-23(24)32/h4-9,12-13,18,20-21H,3,10-11H2,1-2H3,(H,27,32)(H,28,29,30,31)/t13-,18+,20+,21+,24-/m1/s1. The molecule has 0 radical (unpaired) electrons. The highest BCUT2D eigenvalue weighted by Gasteiger charge is 2.59. The quantitative estimate of drug-likeness (QED) is 0.537. The van der Waals surface area contributed by atoms with Gasteiger partial charge in [-0.15, -0.1) is 10.2 Å². The van der Waals surface area contributed by atoms with Crippen LogP contribution in [0.1, 0.15) is 56.1 Å². The van der Waals surface area contributed by atoms with Gasteiger partial charge >= 0.3 is 0 Å². The normalized spacial score (nSPS) is 29.6. The number of carbonyl (C=O) groups is 1. The number of hydrogen-bond donors (Lipinski definition) is 2. The molecule has 166 valence electrons. The van der Waals surface area contributed by atoms with Crippen LogP contribution < -0.4 is 5.32 Å². The molecule has 1 saturated carbocycles. The molecular weight excluding hydrogens is 445 g/mol. The van der Waals surface area contributed by atoms with Gasteiger partial charge in [0.05, 0.1) is 5.41 Å². The van der Waals surface area contributed by atoms with E-state index in [0.717, 1.165) is 30.4 Å². The molecule has 2 heterocycles. The largest absolute Gasteiger partial charge is 0.353 e. The van der Waals surface area contributed by atoms with Gasteiger partial charge in [0.2, 0.25) is 11.7 Å². The van der Waals surface area contributed by atoms with Crippen molar-refractivity contribution in [2.24, 2.45) is 11.3 Å². The Hall–Kier alpha value is -2.44. The summed E-state index contributed by atoms with van der Waals surface area (Å²) in [5.41, 5.74) is 2.76. The molecule has 1 aromatic heterocycles. The zero-order valence-corrected chi connectivity index (χ0v) is 19.5. The molecule has 32 heavy (non-hydrogen) atoms. The molecule has 1 aliphatic heterocycles. The Morgan fingerprint density at radius 2 is 1.94 bits per heavy atom. The molecular formula is C24H25Cl2N5O. The SMILES string of the molecule is CC[C@@]12CC[C@@H](c3ccc(-c4nn[nH]n4)cc3Cl)[C@H](c3ccc(Cl)cc3)[C@@H]1[C@@H](C)NC2=O. The predicted octanol–water partition coefficient (Wildman–Crippen LogP) is 5.37. The molecule has 0 spiro atoms. The summed E-state index contributed by atoms with van der Waals surface area (Å²) in [6.07, 6.45) is 2.57. The van der Waals surface area contributed by atoms with Crippen molar-refractivity contribution in [3.63, 3.8) is 0 Å². The van der Waals surface area contributed by atoms with Crippen molar-refractivity contribution in [2.45, 2.75) is 51.0 Å². The Kier molecular flexibility index (Phi) is 5.46. The van der Waals surface area contributed by atoms with E-state index in [9.17, 15) is 4.79 Å². The van der Waals surface area contributed by atoms with Crippen LogP contribution in [0.3, 0.4) is 0 Å². The highest BCUT2D eigenvalue weighted by atomic mass is 35.5. The van der Waals surface area contributed by atoms with Crippen LogP contribution in [0.15, 0.2) is 42.5 Å². The maximum Gasteiger partial charge on any atom is 0.226 e. The van der Waals surface area contributed by atoms with Crippen LogP contribution in [0, 0.1) is 11.3 Å². The molecule has 1 saturated heterocycles. The number of halogens is 2. The third kappa shape index (κ3) is 3.32. The van der Waals surface area contributed by atoms with Crippen molar-refractivity contribution in [1.82, 2.24) is 25.9 Å². The Balaban J connectivity index is 1.61. The van der Waals surface area contributed by atoms with E-state index in [1.54, 1.807) is 0 Å². The molecule has 1 amide bonds. The van der Waals surface area contributed by atoms with E-state index < -0.39 is 0 Å². The van der Waals surface area contributed by atoms with E-state index in [0.29, 0.717) is 15.9 Å². The first kappa shape index (κ1) is 21.4. The van der Waals surface area contributed by atoms with E-state index in [2.05, 4.69) is 58.0 Å². The molecule has 0 bridgehead atoms. The number of H-pyrrole nitrogens is 1. The second-order valence-electron chi connectivity index (χ2n) is 8.99. The molecule has 6 nitrogen and oxygen atoms in total. The van der Waals surface area contributed by atoms with E-state index in [1.807, 2.05) is 24.3 Å². The van der Waals surface area contributed by atoms with Crippen molar-refractivity contribution in [3.05, 3.63) is 63.6 Å². The minimum Gasteiger partial charge on any atom is -0.353 e. The molecule has 5 rings (SSSR count). The number of amides is 1. The van der Waals surface area contributed by atoms with Crippen LogP contribution in [0.5, 0.6) is 0 Å². The summed E-state index contributed by atoms with van der Waals surface area (Å²) in [6, 6.07) is 14.1. The van der Waals surface area contributed by atoms with Crippen LogP contribution in [-0.4, -0.2) is 32.6 Å². The van der Waals surface area contributed by atoms with Crippen molar-refractivity contribution in [1.29, 1.82) is 0 Å². The van der Waals surface area contributed by atoms with Crippen LogP contribution >= 0.6 is 23.2 Å². The van der Waals surface area contributed by atoms with Crippen LogP contribution in [0.2, 0.25) is 10.0 Å². The number of fused-ring (bicyclic) bond motifs is 1. The van der Waals surface area contributed by atoms with Crippen LogP contribution in [-0.2, 0) is 4.79 Å². The number of aromatic nitrogens is 4.